The van der Waals surface area contributed by atoms with Gasteiger partial charge >= 0.3 is 0 Å². The summed E-state index contributed by atoms with van der Waals surface area (Å²) in [6, 6.07) is 10.1. The first-order valence-electron chi connectivity index (χ1n) is 7.60. The summed E-state index contributed by atoms with van der Waals surface area (Å²) in [5.74, 6) is 0.466. The van der Waals surface area contributed by atoms with E-state index in [0.29, 0.717) is 12.2 Å². The van der Waals surface area contributed by atoms with Crippen molar-refractivity contribution in [1.82, 2.24) is 4.98 Å². The molecule has 2 N–H and O–H groups in total. The van der Waals surface area contributed by atoms with Gasteiger partial charge in [0.1, 0.15) is 11.6 Å². The minimum atomic E-state index is -0.438. The maximum Gasteiger partial charge on any atom is 0.229 e. The predicted molar refractivity (Wildman–Crippen MR) is 90.9 cm³/mol. The molecule has 1 amide bonds. The Labute approximate surface area is 136 Å². The molecular weight excluding hydrogens is 293 g/mol. The summed E-state index contributed by atoms with van der Waals surface area (Å²) in [7, 11) is 0. The van der Waals surface area contributed by atoms with Gasteiger partial charge in [-0.25, -0.2) is 9.37 Å². The first kappa shape index (κ1) is 16.9. The van der Waals surface area contributed by atoms with Crippen molar-refractivity contribution >= 4 is 17.4 Å². The third kappa shape index (κ3) is 5.36. The number of nitrogens with one attached hydrogen (secondary N) is 2. The Morgan fingerprint density at radius 1 is 1.13 bits per heavy atom. The highest BCUT2D eigenvalue weighted by Crippen LogP contribution is 2.17. The molecule has 0 saturated heterocycles. The van der Waals surface area contributed by atoms with Crippen molar-refractivity contribution in [3.05, 3.63) is 54.0 Å². The number of carbonyl (C=O) groups is 1. The van der Waals surface area contributed by atoms with Gasteiger partial charge in [0.25, 0.3) is 0 Å². The molecule has 23 heavy (non-hydrogen) atoms. The standard InChI is InChI=1S/C18H22FN3O/c1-18(2,3)17(23)22-15-8-9-16(21-12-15)20-11-10-13-4-6-14(19)7-5-13/h4-9,12H,10-11H2,1-3H3,(H,20,21)(H,22,23). The first-order valence-corrected chi connectivity index (χ1v) is 7.60. The third-order valence-electron chi connectivity index (χ3n) is 3.34. The van der Waals surface area contributed by atoms with Crippen molar-refractivity contribution in [1.29, 1.82) is 0 Å². The van der Waals surface area contributed by atoms with Gasteiger partial charge in [0, 0.05) is 12.0 Å². The molecule has 0 atom stereocenters. The van der Waals surface area contributed by atoms with Crippen LogP contribution in [0.25, 0.3) is 0 Å². The summed E-state index contributed by atoms with van der Waals surface area (Å²) in [6.45, 7) is 6.29. The molecule has 2 aromatic rings. The largest absolute Gasteiger partial charge is 0.370 e. The second-order valence-electron chi connectivity index (χ2n) is 6.44. The van der Waals surface area contributed by atoms with Crippen molar-refractivity contribution in [3.8, 4) is 0 Å². The van der Waals surface area contributed by atoms with Crippen LogP contribution in [0.2, 0.25) is 0 Å². The van der Waals surface area contributed by atoms with Crippen LogP contribution in [0.5, 0.6) is 0 Å². The predicted octanol–water partition coefficient (Wildman–Crippen LogP) is 3.86. The second-order valence-corrected chi connectivity index (χ2v) is 6.44. The molecule has 0 aliphatic rings. The number of halogens is 1. The number of rotatable bonds is 5. The van der Waals surface area contributed by atoms with Crippen LogP contribution < -0.4 is 10.6 Å². The van der Waals surface area contributed by atoms with E-state index in [-0.39, 0.29) is 11.7 Å². The molecule has 0 aliphatic carbocycles. The number of aromatic nitrogens is 1. The maximum absolute atomic E-state index is 12.8. The zero-order valence-electron chi connectivity index (χ0n) is 13.7. The van der Waals surface area contributed by atoms with Gasteiger partial charge in [0.05, 0.1) is 11.9 Å². The number of benzene rings is 1. The van der Waals surface area contributed by atoms with E-state index in [4.69, 9.17) is 0 Å². The number of pyridine rings is 1. The lowest BCUT2D eigenvalue weighted by Crippen LogP contribution is -2.27. The van der Waals surface area contributed by atoms with Gasteiger partial charge < -0.3 is 10.6 Å². The summed E-state index contributed by atoms with van der Waals surface area (Å²) < 4.78 is 12.8. The van der Waals surface area contributed by atoms with E-state index in [9.17, 15) is 9.18 Å². The number of hydrogen-bond donors (Lipinski definition) is 2. The quantitative estimate of drug-likeness (QED) is 0.881. The molecule has 4 nitrogen and oxygen atoms in total. The SMILES string of the molecule is CC(C)(C)C(=O)Nc1ccc(NCCc2ccc(F)cc2)nc1. The van der Waals surface area contributed by atoms with E-state index >= 15 is 0 Å². The van der Waals surface area contributed by atoms with E-state index in [1.54, 1.807) is 18.3 Å². The minimum absolute atomic E-state index is 0.0451. The van der Waals surface area contributed by atoms with Crippen LogP contribution in [0.15, 0.2) is 42.6 Å². The topological polar surface area (TPSA) is 54.0 Å². The van der Waals surface area contributed by atoms with Gasteiger partial charge in [-0.3, -0.25) is 4.79 Å². The molecule has 122 valence electrons. The number of nitrogens with zero attached hydrogens (tertiary/aromatic N) is 1. The summed E-state index contributed by atoms with van der Waals surface area (Å²) in [4.78, 5) is 16.2. The number of amides is 1. The third-order valence-corrected chi connectivity index (χ3v) is 3.34. The fourth-order valence-corrected chi connectivity index (χ4v) is 1.88. The summed E-state index contributed by atoms with van der Waals surface area (Å²) in [5.41, 5.74) is 1.30. The van der Waals surface area contributed by atoms with Crippen LogP contribution >= 0.6 is 0 Å². The van der Waals surface area contributed by atoms with Gasteiger partial charge in [0.2, 0.25) is 5.91 Å². The molecule has 0 unspecified atom stereocenters. The second kappa shape index (κ2) is 7.22. The molecule has 0 bridgehead atoms. The highest BCUT2D eigenvalue weighted by molar-refractivity contribution is 5.94. The van der Waals surface area contributed by atoms with E-state index in [1.165, 1.54) is 12.1 Å². The van der Waals surface area contributed by atoms with Gasteiger partial charge in [-0.15, -0.1) is 0 Å². The summed E-state index contributed by atoms with van der Waals surface area (Å²) in [6.07, 6.45) is 2.41. The number of anilines is 2. The zero-order valence-corrected chi connectivity index (χ0v) is 13.7. The molecule has 0 saturated carbocycles. The average Bonchev–Trinajstić information content (AvgIpc) is 2.50. The Hall–Kier alpha value is -2.43. The molecule has 5 heteroatoms. The molecule has 0 aliphatic heterocycles. The Kier molecular flexibility index (Phi) is 5.32. The van der Waals surface area contributed by atoms with Crippen molar-refractivity contribution in [3.63, 3.8) is 0 Å². The van der Waals surface area contributed by atoms with Gasteiger partial charge in [0.15, 0.2) is 0 Å². The van der Waals surface area contributed by atoms with Crippen molar-refractivity contribution in [2.24, 2.45) is 5.41 Å². The highest BCUT2D eigenvalue weighted by Gasteiger charge is 2.21. The lowest BCUT2D eigenvalue weighted by molar-refractivity contribution is -0.123. The number of carbonyl (C=O) groups excluding carboxylic acids is 1. The molecule has 0 spiro atoms. The number of hydrogen-bond acceptors (Lipinski definition) is 3. The lowest BCUT2D eigenvalue weighted by atomic mass is 9.96. The smallest absolute Gasteiger partial charge is 0.229 e. The van der Waals surface area contributed by atoms with Crippen LogP contribution in [0.4, 0.5) is 15.9 Å². The highest BCUT2D eigenvalue weighted by atomic mass is 19.1. The zero-order chi connectivity index (χ0) is 16.9. The molecule has 1 heterocycles. The summed E-state index contributed by atoms with van der Waals surface area (Å²) in [5, 5.41) is 6.03. The van der Waals surface area contributed by atoms with Crippen LogP contribution in [-0.4, -0.2) is 17.4 Å². The average molecular weight is 315 g/mol. The fourth-order valence-electron chi connectivity index (χ4n) is 1.88. The Bertz CT molecular complexity index is 645. The molecule has 0 radical (unpaired) electrons. The van der Waals surface area contributed by atoms with E-state index in [2.05, 4.69) is 15.6 Å². The Balaban J connectivity index is 1.83. The maximum atomic E-state index is 12.8. The normalized spacial score (nSPS) is 11.1. The van der Waals surface area contributed by atoms with Gasteiger partial charge in [-0.2, -0.15) is 0 Å². The van der Waals surface area contributed by atoms with Crippen molar-refractivity contribution < 1.29 is 9.18 Å². The first-order chi connectivity index (χ1) is 10.8. The van der Waals surface area contributed by atoms with Crippen LogP contribution in [-0.2, 0) is 11.2 Å². The van der Waals surface area contributed by atoms with Crippen LogP contribution in [0.3, 0.4) is 0 Å². The molecule has 1 aromatic carbocycles. The Morgan fingerprint density at radius 3 is 2.39 bits per heavy atom. The van der Waals surface area contributed by atoms with E-state index in [1.807, 2.05) is 32.9 Å². The van der Waals surface area contributed by atoms with Crippen molar-refractivity contribution in [2.45, 2.75) is 27.2 Å². The van der Waals surface area contributed by atoms with Crippen LogP contribution in [0, 0.1) is 11.2 Å². The molecule has 1 aromatic heterocycles. The molecule has 0 fully saturated rings. The van der Waals surface area contributed by atoms with Gasteiger partial charge in [-0.1, -0.05) is 32.9 Å². The Morgan fingerprint density at radius 2 is 1.83 bits per heavy atom. The van der Waals surface area contributed by atoms with E-state index in [0.717, 1.165) is 17.8 Å². The van der Waals surface area contributed by atoms with Gasteiger partial charge in [-0.05, 0) is 36.2 Å². The monoisotopic (exact) mass is 315 g/mol. The fraction of sp³-hybridized carbons (Fsp3) is 0.333. The van der Waals surface area contributed by atoms with E-state index < -0.39 is 5.41 Å². The minimum Gasteiger partial charge on any atom is -0.370 e. The summed E-state index contributed by atoms with van der Waals surface area (Å²) >= 11 is 0. The molecule has 2 rings (SSSR count). The molecular formula is C18H22FN3O. The van der Waals surface area contributed by atoms with Crippen molar-refractivity contribution in [2.75, 3.05) is 17.2 Å². The lowest BCUT2D eigenvalue weighted by Gasteiger charge is -2.17. The van der Waals surface area contributed by atoms with Crippen LogP contribution in [0.1, 0.15) is 26.3 Å².